The summed E-state index contributed by atoms with van der Waals surface area (Å²) in [4.78, 5) is 12.1. The van der Waals surface area contributed by atoms with Gasteiger partial charge in [0, 0.05) is 22.7 Å². The van der Waals surface area contributed by atoms with Crippen molar-refractivity contribution >= 4 is 5.97 Å². The molecule has 2 aliphatic rings. The van der Waals surface area contributed by atoms with Crippen molar-refractivity contribution in [2.75, 3.05) is 6.61 Å². The lowest BCUT2D eigenvalue weighted by atomic mass is 10.1. The molecule has 0 aliphatic heterocycles. The molecule has 6 heteroatoms. The first-order chi connectivity index (χ1) is 12.5. The van der Waals surface area contributed by atoms with Crippen molar-refractivity contribution in [1.82, 2.24) is 9.78 Å². The van der Waals surface area contributed by atoms with Gasteiger partial charge >= 0.3 is 5.97 Å². The second-order valence-electron chi connectivity index (χ2n) is 7.25. The van der Waals surface area contributed by atoms with E-state index in [1.165, 1.54) is 12.1 Å². The van der Waals surface area contributed by atoms with E-state index in [0.29, 0.717) is 5.92 Å². The largest absolute Gasteiger partial charge is 0.461 e. The van der Waals surface area contributed by atoms with E-state index in [0.717, 1.165) is 42.5 Å². The van der Waals surface area contributed by atoms with Gasteiger partial charge in [-0.3, -0.25) is 4.68 Å². The molecular weight excluding hydrogens is 338 g/mol. The van der Waals surface area contributed by atoms with E-state index in [-0.39, 0.29) is 30.3 Å². The molecule has 4 nitrogen and oxygen atoms in total. The lowest BCUT2D eigenvalue weighted by molar-refractivity contribution is 0.0517. The average molecular weight is 360 g/mol. The van der Waals surface area contributed by atoms with Crippen LogP contribution in [0, 0.1) is 18.6 Å². The Morgan fingerprint density at radius 2 is 1.81 bits per heavy atom. The number of benzene rings is 1. The van der Waals surface area contributed by atoms with Gasteiger partial charge in [0.05, 0.1) is 13.2 Å². The number of hydrogen-bond donors (Lipinski definition) is 0. The summed E-state index contributed by atoms with van der Waals surface area (Å²) in [6.45, 7) is 3.80. The number of esters is 1. The van der Waals surface area contributed by atoms with Gasteiger partial charge in [-0.15, -0.1) is 0 Å². The molecule has 0 amide bonds. The minimum absolute atomic E-state index is 0.00536. The summed E-state index contributed by atoms with van der Waals surface area (Å²) in [7, 11) is 0. The first-order valence-electron chi connectivity index (χ1n) is 9.21. The maximum absolute atomic E-state index is 14.5. The molecular formula is C20H22F2N2O2. The predicted molar refractivity (Wildman–Crippen MR) is 92.3 cm³/mol. The third-order valence-electron chi connectivity index (χ3n) is 5.19. The van der Waals surface area contributed by atoms with Crippen LogP contribution in [0.3, 0.4) is 0 Å². The molecule has 2 saturated carbocycles. The zero-order valence-corrected chi connectivity index (χ0v) is 15.0. The van der Waals surface area contributed by atoms with Gasteiger partial charge in [-0.1, -0.05) is 0 Å². The SMILES string of the molecule is CCOC(=O)c1nn(Cc2c(F)cc(C3CC3)cc2F)c(C2CC2)c1C. The Balaban J connectivity index is 1.70. The number of carbonyl (C=O) groups excluding carboxylic acids is 1. The molecule has 26 heavy (non-hydrogen) atoms. The summed E-state index contributed by atoms with van der Waals surface area (Å²) in [5, 5.41) is 4.35. The molecule has 138 valence electrons. The van der Waals surface area contributed by atoms with Crippen LogP contribution in [-0.4, -0.2) is 22.4 Å². The van der Waals surface area contributed by atoms with Gasteiger partial charge in [0.15, 0.2) is 5.69 Å². The van der Waals surface area contributed by atoms with E-state index in [9.17, 15) is 13.6 Å². The fraction of sp³-hybridized carbons (Fsp3) is 0.500. The fourth-order valence-electron chi connectivity index (χ4n) is 3.53. The van der Waals surface area contributed by atoms with Crippen LogP contribution in [0.1, 0.15) is 77.3 Å². The van der Waals surface area contributed by atoms with Crippen LogP contribution in [0.25, 0.3) is 0 Å². The number of hydrogen-bond acceptors (Lipinski definition) is 3. The van der Waals surface area contributed by atoms with E-state index < -0.39 is 17.6 Å². The molecule has 0 bridgehead atoms. The van der Waals surface area contributed by atoms with Crippen LogP contribution in [0.5, 0.6) is 0 Å². The molecule has 0 N–H and O–H groups in total. The van der Waals surface area contributed by atoms with Gasteiger partial charge in [-0.2, -0.15) is 5.10 Å². The highest BCUT2D eigenvalue weighted by molar-refractivity contribution is 5.89. The van der Waals surface area contributed by atoms with Crippen molar-refractivity contribution in [1.29, 1.82) is 0 Å². The quantitative estimate of drug-likeness (QED) is 0.715. The number of aromatic nitrogens is 2. The molecule has 1 aromatic carbocycles. The lowest BCUT2D eigenvalue weighted by Crippen LogP contribution is -2.11. The maximum Gasteiger partial charge on any atom is 0.359 e. The molecule has 0 atom stereocenters. The van der Waals surface area contributed by atoms with Crippen LogP contribution in [0.4, 0.5) is 8.78 Å². The van der Waals surface area contributed by atoms with Crippen molar-refractivity contribution in [2.24, 2.45) is 0 Å². The van der Waals surface area contributed by atoms with Crippen molar-refractivity contribution in [3.8, 4) is 0 Å². The number of carbonyl (C=O) groups is 1. The van der Waals surface area contributed by atoms with Crippen molar-refractivity contribution in [3.63, 3.8) is 0 Å². The number of halogens is 2. The summed E-state index contributed by atoms with van der Waals surface area (Å²) < 4.78 is 35.7. The second kappa shape index (κ2) is 6.49. The first-order valence-corrected chi connectivity index (χ1v) is 9.21. The molecule has 0 spiro atoms. The van der Waals surface area contributed by atoms with Crippen LogP contribution >= 0.6 is 0 Å². The van der Waals surface area contributed by atoms with E-state index in [1.807, 2.05) is 6.92 Å². The van der Waals surface area contributed by atoms with Crippen LogP contribution in [-0.2, 0) is 11.3 Å². The van der Waals surface area contributed by atoms with Gasteiger partial charge in [0.1, 0.15) is 11.6 Å². The Bertz CT molecular complexity index is 844. The van der Waals surface area contributed by atoms with E-state index in [1.54, 1.807) is 11.6 Å². The van der Waals surface area contributed by atoms with E-state index in [4.69, 9.17) is 4.74 Å². The maximum atomic E-state index is 14.5. The van der Waals surface area contributed by atoms with Gasteiger partial charge in [0.2, 0.25) is 0 Å². The Labute approximate surface area is 151 Å². The average Bonchev–Trinajstić information content (AvgIpc) is 3.49. The Hall–Kier alpha value is -2.24. The topological polar surface area (TPSA) is 44.1 Å². The van der Waals surface area contributed by atoms with Crippen LogP contribution < -0.4 is 0 Å². The summed E-state index contributed by atoms with van der Waals surface area (Å²) in [6, 6.07) is 2.88. The lowest BCUT2D eigenvalue weighted by Gasteiger charge is -2.11. The summed E-state index contributed by atoms with van der Waals surface area (Å²) in [6.07, 6.45) is 3.98. The molecule has 1 heterocycles. The molecule has 4 rings (SSSR count). The third-order valence-corrected chi connectivity index (χ3v) is 5.19. The van der Waals surface area contributed by atoms with Crippen molar-refractivity contribution in [3.05, 3.63) is 51.8 Å². The minimum atomic E-state index is -0.542. The van der Waals surface area contributed by atoms with Gasteiger partial charge in [-0.05, 0) is 63.1 Å². The van der Waals surface area contributed by atoms with Gasteiger partial charge in [0.25, 0.3) is 0 Å². The molecule has 1 aromatic heterocycles. The highest BCUT2D eigenvalue weighted by atomic mass is 19.1. The van der Waals surface area contributed by atoms with Gasteiger partial charge < -0.3 is 4.74 Å². The predicted octanol–water partition coefficient (Wildman–Crippen LogP) is 4.45. The van der Waals surface area contributed by atoms with Crippen molar-refractivity contribution in [2.45, 2.75) is 57.9 Å². The Morgan fingerprint density at radius 3 is 2.35 bits per heavy atom. The standard InChI is InChI=1S/C20H22F2N2O2/c1-3-26-20(25)18-11(2)19(13-6-7-13)24(23-18)10-15-16(21)8-14(9-17(15)22)12-4-5-12/h8-9,12-13H,3-7,10H2,1-2H3. The highest BCUT2D eigenvalue weighted by Crippen LogP contribution is 2.43. The molecule has 2 fully saturated rings. The summed E-state index contributed by atoms with van der Waals surface area (Å²) >= 11 is 0. The fourth-order valence-corrected chi connectivity index (χ4v) is 3.53. The number of ether oxygens (including phenoxy) is 1. The number of nitrogens with zero attached hydrogens (tertiary/aromatic N) is 2. The van der Waals surface area contributed by atoms with Crippen LogP contribution in [0.15, 0.2) is 12.1 Å². The van der Waals surface area contributed by atoms with Gasteiger partial charge in [-0.25, -0.2) is 13.6 Å². The zero-order chi connectivity index (χ0) is 18.4. The van der Waals surface area contributed by atoms with Crippen molar-refractivity contribution < 1.29 is 18.3 Å². The second-order valence-corrected chi connectivity index (χ2v) is 7.25. The molecule has 0 unspecified atom stereocenters. The smallest absolute Gasteiger partial charge is 0.359 e. The van der Waals surface area contributed by atoms with Crippen LogP contribution in [0.2, 0.25) is 0 Å². The minimum Gasteiger partial charge on any atom is -0.461 e. The Kier molecular flexibility index (Phi) is 4.29. The zero-order valence-electron chi connectivity index (χ0n) is 15.0. The number of rotatable bonds is 6. The monoisotopic (exact) mass is 360 g/mol. The van der Waals surface area contributed by atoms with E-state index in [2.05, 4.69) is 5.10 Å². The molecule has 2 aromatic rings. The first kappa shape index (κ1) is 17.2. The summed E-state index contributed by atoms with van der Waals surface area (Å²) in [5.41, 5.74) is 2.60. The molecule has 0 radical (unpaired) electrons. The third kappa shape index (κ3) is 3.13. The van der Waals surface area contributed by atoms with E-state index >= 15 is 0 Å². The summed E-state index contributed by atoms with van der Waals surface area (Å²) in [5.74, 6) is -0.991. The highest BCUT2D eigenvalue weighted by Gasteiger charge is 2.33. The normalized spacial score (nSPS) is 16.8. The molecule has 2 aliphatic carbocycles. The Morgan fingerprint density at radius 1 is 1.19 bits per heavy atom. The molecule has 0 saturated heterocycles.